The van der Waals surface area contributed by atoms with E-state index in [2.05, 4.69) is 4.90 Å². The monoisotopic (exact) mass is 238 g/mol. The molecule has 0 aliphatic carbocycles. The summed E-state index contributed by atoms with van der Waals surface area (Å²) in [4.78, 5) is 2.31. The summed E-state index contributed by atoms with van der Waals surface area (Å²) < 4.78 is 12.4. The van der Waals surface area contributed by atoms with Gasteiger partial charge in [0.1, 0.15) is 6.67 Å². The van der Waals surface area contributed by atoms with E-state index in [1.807, 2.05) is 24.3 Å². The Kier molecular flexibility index (Phi) is 3.97. The molecule has 1 aliphatic rings. The van der Waals surface area contributed by atoms with E-state index < -0.39 is 18.8 Å². The highest BCUT2D eigenvalue weighted by atomic mass is 19.1. The Bertz CT molecular complexity index is 349. The van der Waals surface area contributed by atoms with Crippen molar-refractivity contribution in [2.45, 2.75) is 25.0 Å². The Hall–Kier alpha value is -1.13. The fraction of sp³-hybridized carbons (Fsp3) is 0.538. The number of anilines is 1. The fourth-order valence-electron chi connectivity index (χ4n) is 2.19. The van der Waals surface area contributed by atoms with Gasteiger partial charge in [-0.3, -0.25) is 0 Å². The first-order chi connectivity index (χ1) is 8.22. The van der Waals surface area contributed by atoms with E-state index >= 15 is 0 Å². The number of hydrogen-bond donors (Lipinski definition) is 2. The first-order valence-electron chi connectivity index (χ1n) is 6.07. The average Bonchev–Trinajstić information content (AvgIpc) is 2.91. The molecule has 1 aliphatic heterocycles. The average molecular weight is 238 g/mol. The second kappa shape index (κ2) is 5.47. The maximum absolute atomic E-state index is 12.4. The molecule has 4 heteroatoms. The molecule has 1 aromatic rings. The summed E-state index contributed by atoms with van der Waals surface area (Å²) in [6.07, 6.45) is 1.54. The van der Waals surface area contributed by atoms with Gasteiger partial charge in [-0.25, -0.2) is 4.39 Å². The number of nitrogens with two attached hydrogens (primary N) is 1. The third-order valence-corrected chi connectivity index (χ3v) is 3.29. The molecule has 17 heavy (non-hydrogen) atoms. The van der Waals surface area contributed by atoms with Gasteiger partial charge >= 0.3 is 0 Å². The van der Waals surface area contributed by atoms with Crippen LogP contribution in [-0.2, 0) is 0 Å². The van der Waals surface area contributed by atoms with Crippen LogP contribution in [-0.4, -0.2) is 30.9 Å². The van der Waals surface area contributed by atoms with E-state index in [4.69, 9.17) is 5.73 Å². The van der Waals surface area contributed by atoms with E-state index in [1.165, 1.54) is 12.8 Å². The second-order valence-electron chi connectivity index (χ2n) is 4.55. The SMILES string of the molecule is N[C@H](CF)[C@H](O)c1ccc(N2CCCC2)cc1. The summed E-state index contributed by atoms with van der Waals surface area (Å²) >= 11 is 0. The van der Waals surface area contributed by atoms with Gasteiger partial charge in [-0.2, -0.15) is 0 Å². The van der Waals surface area contributed by atoms with E-state index in [-0.39, 0.29) is 0 Å². The van der Waals surface area contributed by atoms with Crippen molar-refractivity contribution in [2.75, 3.05) is 24.7 Å². The van der Waals surface area contributed by atoms with Gasteiger partial charge in [0, 0.05) is 18.8 Å². The molecule has 1 fully saturated rings. The van der Waals surface area contributed by atoms with E-state index in [0.29, 0.717) is 5.56 Å². The number of benzene rings is 1. The van der Waals surface area contributed by atoms with E-state index in [0.717, 1.165) is 18.8 Å². The van der Waals surface area contributed by atoms with Gasteiger partial charge in [0.05, 0.1) is 12.1 Å². The summed E-state index contributed by atoms with van der Waals surface area (Å²) in [6, 6.07) is 6.75. The zero-order valence-electron chi connectivity index (χ0n) is 9.85. The topological polar surface area (TPSA) is 49.5 Å². The molecule has 1 heterocycles. The number of halogens is 1. The quantitative estimate of drug-likeness (QED) is 0.838. The van der Waals surface area contributed by atoms with Crippen LogP contribution in [0.2, 0.25) is 0 Å². The fourth-order valence-corrected chi connectivity index (χ4v) is 2.19. The van der Waals surface area contributed by atoms with E-state index in [9.17, 15) is 9.50 Å². The largest absolute Gasteiger partial charge is 0.387 e. The van der Waals surface area contributed by atoms with Gasteiger partial charge in [-0.15, -0.1) is 0 Å². The van der Waals surface area contributed by atoms with Crippen molar-refractivity contribution in [2.24, 2.45) is 5.73 Å². The summed E-state index contributed by atoms with van der Waals surface area (Å²) in [7, 11) is 0. The molecule has 0 aromatic heterocycles. The number of aliphatic hydroxyl groups is 1. The van der Waals surface area contributed by atoms with Crippen molar-refractivity contribution in [3.05, 3.63) is 29.8 Å². The molecule has 1 aromatic carbocycles. The lowest BCUT2D eigenvalue weighted by Crippen LogP contribution is -2.30. The molecule has 94 valence electrons. The highest BCUT2D eigenvalue weighted by Crippen LogP contribution is 2.23. The summed E-state index contributed by atoms with van der Waals surface area (Å²) in [5, 5.41) is 9.77. The number of rotatable bonds is 4. The number of nitrogens with zero attached hydrogens (tertiary/aromatic N) is 1. The molecular weight excluding hydrogens is 219 g/mol. The van der Waals surface area contributed by atoms with Gasteiger partial charge < -0.3 is 15.7 Å². The summed E-state index contributed by atoms with van der Waals surface area (Å²) in [5.41, 5.74) is 7.31. The zero-order chi connectivity index (χ0) is 12.3. The molecule has 0 spiro atoms. The van der Waals surface area contributed by atoms with Crippen molar-refractivity contribution in [1.82, 2.24) is 0 Å². The Morgan fingerprint density at radius 3 is 2.35 bits per heavy atom. The van der Waals surface area contributed by atoms with Crippen LogP contribution in [0.1, 0.15) is 24.5 Å². The molecule has 3 nitrogen and oxygen atoms in total. The van der Waals surface area contributed by atoms with Crippen LogP contribution in [0.25, 0.3) is 0 Å². The number of aliphatic hydroxyl groups excluding tert-OH is 1. The molecular formula is C13H19FN2O. The minimum absolute atomic E-state index is 0.679. The lowest BCUT2D eigenvalue weighted by molar-refractivity contribution is 0.132. The molecule has 2 atom stereocenters. The van der Waals surface area contributed by atoms with Crippen LogP contribution in [0.15, 0.2) is 24.3 Å². The third-order valence-electron chi connectivity index (χ3n) is 3.29. The molecule has 0 bridgehead atoms. The van der Waals surface area contributed by atoms with Gasteiger partial charge in [0.25, 0.3) is 0 Å². The number of alkyl halides is 1. The maximum Gasteiger partial charge on any atom is 0.107 e. The van der Waals surface area contributed by atoms with E-state index in [1.54, 1.807) is 0 Å². The Labute approximate surface area is 101 Å². The van der Waals surface area contributed by atoms with Crippen LogP contribution in [0.4, 0.5) is 10.1 Å². The van der Waals surface area contributed by atoms with Crippen LogP contribution >= 0.6 is 0 Å². The molecule has 2 rings (SSSR count). The highest BCUT2D eigenvalue weighted by molar-refractivity contribution is 5.48. The van der Waals surface area contributed by atoms with Crippen LogP contribution in [0, 0.1) is 0 Å². The van der Waals surface area contributed by atoms with Crippen LogP contribution in [0.5, 0.6) is 0 Å². The minimum Gasteiger partial charge on any atom is -0.387 e. The Morgan fingerprint density at radius 1 is 1.24 bits per heavy atom. The van der Waals surface area contributed by atoms with Crippen LogP contribution in [0.3, 0.4) is 0 Å². The van der Waals surface area contributed by atoms with Crippen molar-refractivity contribution in [3.8, 4) is 0 Å². The highest BCUT2D eigenvalue weighted by Gasteiger charge is 2.17. The maximum atomic E-state index is 12.4. The molecule has 1 saturated heterocycles. The molecule has 0 radical (unpaired) electrons. The van der Waals surface area contributed by atoms with Gasteiger partial charge in [-0.1, -0.05) is 12.1 Å². The number of hydrogen-bond acceptors (Lipinski definition) is 3. The summed E-state index contributed by atoms with van der Waals surface area (Å²) in [5.74, 6) is 0. The van der Waals surface area contributed by atoms with Gasteiger partial charge in [0.2, 0.25) is 0 Å². The molecule has 3 N–H and O–H groups in total. The van der Waals surface area contributed by atoms with Crippen LogP contribution < -0.4 is 10.6 Å². The van der Waals surface area contributed by atoms with Crippen molar-refractivity contribution in [3.63, 3.8) is 0 Å². The summed E-state index contributed by atoms with van der Waals surface area (Å²) in [6.45, 7) is 1.47. The lowest BCUT2D eigenvalue weighted by atomic mass is 10.0. The molecule has 0 saturated carbocycles. The molecule has 0 amide bonds. The third kappa shape index (κ3) is 2.76. The standard InChI is InChI=1S/C13H19FN2O/c14-9-12(15)13(17)10-3-5-11(6-4-10)16-7-1-2-8-16/h3-6,12-13,17H,1-2,7-9,15H2/t12-,13-/m1/s1. The zero-order valence-corrected chi connectivity index (χ0v) is 9.85. The smallest absolute Gasteiger partial charge is 0.107 e. The first-order valence-corrected chi connectivity index (χ1v) is 6.07. The predicted molar refractivity (Wildman–Crippen MR) is 66.8 cm³/mol. The second-order valence-corrected chi connectivity index (χ2v) is 4.55. The van der Waals surface area contributed by atoms with Gasteiger partial charge in [0.15, 0.2) is 0 Å². The van der Waals surface area contributed by atoms with Crippen molar-refractivity contribution >= 4 is 5.69 Å². The van der Waals surface area contributed by atoms with Crippen molar-refractivity contribution in [1.29, 1.82) is 0 Å². The minimum atomic E-state index is -0.923. The lowest BCUT2D eigenvalue weighted by Gasteiger charge is -2.20. The van der Waals surface area contributed by atoms with Crippen molar-refractivity contribution < 1.29 is 9.50 Å². The molecule has 0 unspecified atom stereocenters. The predicted octanol–water partition coefficient (Wildman–Crippen LogP) is 1.62. The Balaban J connectivity index is 2.06. The Morgan fingerprint density at radius 2 is 1.82 bits per heavy atom. The normalized spacial score (nSPS) is 19.4. The van der Waals surface area contributed by atoms with Gasteiger partial charge in [-0.05, 0) is 30.5 Å². The first kappa shape index (κ1) is 12.3.